The summed E-state index contributed by atoms with van der Waals surface area (Å²) in [6, 6.07) is 25.2. The first-order valence-electron chi connectivity index (χ1n) is 18.6. The van der Waals surface area contributed by atoms with Crippen LogP contribution in [0.25, 0.3) is 21.7 Å². The molecule has 5 aromatic rings. The minimum atomic E-state index is -1.17. The SMILES string of the molecule is C[C@H](NC(=O)[C@H](N)Cc1ccc2ccccc2c1)C(=O)N[C@@H](Cc1c[nH]c2ccccc12)C(=O)N[C@H](Cc1ccccc1)C(=O)N[C@@H](CCCCN)C(N)=O. The van der Waals surface area contributed by atoms with E-state index >= 15 is 0 Å². The molecule has 55 heavy (non-hydrogen) atoms. The molecule has 13 heteroatoms. The standard InChI is InChI=1S/C42H50N8O5/c1-26(47-40(53)33(44)22-28-18-19-29-13-5-6-14-30(29)21-28)39(52)49-37(24-31-25-46-34-16-8-7-15-32(31)34)42(55)50-36(23-27-11-3-2-4-12-27)41(54)48-35(38(45)51)17-9-10-20-43/h2-8,11-16,18-19,21,25-26,33,35-37,46H,9-10,17,20,22-24,43-44H2,1H3,(H2,45,51)(H,47,53)(H,48,54)(H,49,52)(H,50,55)/t26-,33+,35-,36+,37-/m0/s1. The molecule has 0 bridgehead atoms. The monoisotopic (exact) mass is 746 g/mol. The van der Waals surface area contributed by atoms with Crippen molar-refractivity contribution < 1.29 is 24.0 Å². The van der Waals surface area contributed by atoms with Crippen LogP contribution in [0.5, 0.6) is 0 Å². The van der Waals surface area contributed by atoms with E-state index in [0.29, 0.717) is 25.8 Å². The van der Waals surface area contributed by atoms with Gasteiger partial charge in [-0.2, -0.15) is 0 Å². The number of nitrogens with one attached hydrogen (secondary N) is 5. The number of primary amides is 1. The van der Waals surface area contributed by atoms with Crippen molar-refractivity contribution >= 4 is 51.2 Å². The highest BCUT2D eigenvalue weighted by Gasteiger charge is 2.31. The van der Waals surface area contributed by atoms with Crippen LogP contribution in [0.3, 0.4) is 0 Å². The minimum absolute atomic E-state index is 0.0619. The first-order chi connectivity index (χ1) is 26.5. The first kappa shape index (κ1) is 40.1. The fourth-order valence-electron chi connectivity index (χ4n) is 6.51. The number of rotatable bonds is 19. The van der Waals surface area contributed by atoms with E-state index in [2.05, 4.69) is 26.3 Å². The molecule has 5 amide bonds. The highest BCUT2D eigenvalue weighted by Crippen LogP contribution is 2.20. The zero-order valence-corrected chi connectivity index (χ0v) is 30.9. The molecule has 0 aliphatic carbocycles. The van der Waals surface area contributed by atoms with Crippen LogP contribution in [0.1, 0.15) is 42.9 Å². The lowest BCUT2D eigenvalue weighted by Gasteiger charge is -2.26. The van der Waals surface area contributed by atoms with Crippen LogP contribution < -0.4 is 38.5 Å². The second-order valence-corrected chi connectivity index (χ2v) is 13.8. The van der Waals surface area contributed by atoms with Crippen molar-refractivity contribution in [2.75, 3.05) is 6.54 Å². The predicted molar refractivity (Wildman–Crippen MR) is 213 cm³/mol. The molecule has 288 valence electrons. The molecule has 5 atom stereocenters. The molecule has 0 aliphatic heterocycles. The van der Waals surface area contributed by atoms with E-state index in [1.54, 1.807) is 6.20 Å². The zero-order chi connectivity index (χ0) is 39.3. The highest BCUT2D eigenvalue weighted by molar-refractivity contribution is 5.96. The quantitative estimate of drug-likeness (QED) is 0.0588. The molecule has 0 spiro atoms. The molecule has 0 aliphatic rings. The van der Waals surface area contributed by atoms with Gasteiger partial charge in [-0.15, -0.1) is 0 Å². The number of benzene rings is 4. The molecule has 0 saturated carbocycles. The maximum Gasteiger partial charge on any atom is 0.243 e. The second-order valence-electron chi connectivity index (χ2n) is 13.8. The Labute approximate surface area is 320 Å². The summed E-state index contributed by atoms with van der Waals surface area (Å²) < 4.78 is 0. The number of hydrogen-bond donors (Lipinski definition) is 8. The number of hydrogen-bond acceptors (Lipinski definition) is 7. The summed E-state index contributed by atoms with van der Waals surface area (Å²) in [6.07, 6.45) is 3.69. The smallest absolute Gasteiger partial charge is 0.243 e. The lowest BCUT2D eigenvalue weighted by Crippen LogP contribution is -2.59. The van der Waals surface area contributed by atoms with Crippen molar-refractivity contribution in [3.8, 4) is 0 Å². The molecule has 5 rings (SSSR count). The lowest BCUT2D eigenvalue weighted by molar-refractivity contribution is -0.134. The summed E-state index contributed by atoms with van der Waals surface area (Å²) in [7, 11) is 0. The van der Waals surface area contributed by atoms with Gasteiger partial charge >= 0.3 is 0 Å². The summed E-state index contributed by atoms with van der Waals surface area (Å²) in [5.41, 5.74) is 20.8. The van der Waals surface area contributed by atoms with Crippen molar-refractivity contribution in [1.29, 1.82) is 0 Å². The third kappa shape index (κ3) is 11.2. The Balaban J connectivity index is 1.32. The number of para-hydroxylation sites is 1. The third-order valence-electron chi connectivity index (χ3n) is 9.61. The van der Waals surface area contributed by atoms with Crippen LogP contribution in [0, 0.1) is 0 Å². The van der Waals surface area contributed by atoms with E-state index < -0.39 is 59.7 Å². The summed E-state index contributed by atoms with van der Waals surface area (Å²) >= 11 is 0. The van der Waals surface area contributed by atoms with Gasteiger partial charge in [-0.05, 0) is 72.7 Å². The number of carbonyl (C=O) groups is 5. The van der Waals surface area contributed by atoms with Gasteiger partial charge in [-0.1, -0.05) is 91.0 Å². The van der Waals surface area contributed by atoms with Crippen molar-refractivity contribution in [2.24, 2.45) is 17.2 Å². The van der Waals surface area contributed by atoms with Crippen molar-refractivity contribution in [1.82, 2.24) is 26.3 Å². The van der Waals surface area contributed by atoms with Crippen molar-refractivity contribution in [3.05, 3.63) is 120 Å². The van der Waals surface area contributed by atoms with E-state index in [1.165, 1.54) is 6.92 Å². The first-order valence-corrected chi connectivity index (χ1v) is 18.6. The van der Waals surface area contributed by atoms with Gasteiger partial charge in [0.15, 0.2) is 0 Å². The van der Waals surface area contributed by atoms with Crippen LogP contribution in [0.4, 0.5) is 0 Å². The van der Waals surface area contributed by atoms with E-state index in [4.69, 9.17) is 17.2 Å². The maximum absolute atomic E-state index is 14.2. The van der Waals surface area contributed by atoms with Gasteiger partial charge in [0.25, 0.3) is 0 Å². The van der Waals surface area contributed by atoms with Crippen LogP contribution in [-0.2, 0) is 43.2 Å². The van der Waals surface area contributed by atoms with Crippen molar-refractivity contribution in [2.45, 2.75) is 75.7 Å². The summed E-state index contributed by atoms with van der Waals surface area (Å²) in [4.78, 5) is 70.3. The maximum atomic E-state index is 14.2. The number of unbranched alkanes of at least 4 members (excludes halogenated alkanes) is 1. The summed E-state index contributed by atoms with van der Waals surface area (Å²) in [5.74, 6) is -3.09. The van der Waals surface area contributed by atoms with Gasteiger partial charge in [0.2, 0.25) is 29.5 Å². The molecular weight excluding hydrogens is 697 g/mol. The van der Waals surface area contributed by atoms with E-state index in [9.17, 15) is 24.0 Å². The molecule has 0 radical (unpaired) electrons. The molecule has 0 fully saturated rings. The van der Waals surface area contributed by atoms with Crippen LogP contribution in [-0.4, -0.2) is 71.3 Å². The highest BCUT2D eigenvalue weighted by atomic mass is 16.2. The molecule has 13 nitrogen and oxygen atoms in total. The average Bonchev–Trinajstić information content (AvgIpc) is 3.59. The Morgan fingerprint density at radius 2 is 1.27 bits per heavy atom. The second kappa shape index (κ2) is 19.3. The number of nitrogens with two attached hydrogens (primary N) is 3. The fourth-order valence-corrected chi connectivity index (χ4v) is 6.51. The fraction of sp³-hybridized carbons (Fsp3) is 0.310. The molecule has 4 aromatic carbocycles. The minimum Gasteiger partial charge on any atom is -0.368 e. The molecule has 1 heterocycles. The average molecular weight is 747 g/mol. The van der Waals surface area contributed by atoms with Gasteiger partial charge in [0, 0.05) is 29.9 Å². The Morgan fingerprint density at radius 1 is 0.636 bits per heavy atom. The number of aromatic amines is 1. The van der Waals surface area contributed by atoms with Gasteiger partial charge in [0.05, 0.1) is 6.04 Å². The normalized spacial score (nSPS) is 13.9. The van der Waals surface area contributed by atoms with E-state index in [0.717, 1.165) is 38.4 Å². The Bertz CT molecular complexity index is 2100. The Morgan fingerprint density at radius 3 is 2.00 bits per heavy atom. The Kier molecular flexibility index (Phi) is 14.1. The number of H-pyrrole nitrogens is 1. The third-order valence-corrected chi connectivity index (χ3v) is 9.61. The van der Waals surface area contributed by atoms with Crippen molar-refractivity contribution in [3.63, 3.8) is 0 Å². The summed E-state index contributed by atoms with van der Waals surface area (Å²) in [6.45, 7) is 1.94. The topological polar surface area (TPSA) is 227 Å². The van der Waals surface area contributed by atoms with E-state index in [1.807, 2.05) is 97.1 Å². The zero-order valence-electron chi connectivity index (χ0n) is 30.9. The number of fused-ring (bicyclic) bond motifs is 2. The molecule has 0 unspecified atom stereocenters. The lowest BCUT2D eigenvalue weighted by atomic mass is 10.0. The number of carbonyl (C=O) groups excluding carboxylic acids is 5. The molecule has 11 N–H and O–H groups in total. The predicted octanol–water partition coefficient (Wildman–Crippen LogP) is 2.25. The van der Waals surface area contributed by atoms with Gasteiger partial charge in [0.1, 0.15) is 24.2 Å². The Hall–Kier alpha value is -6.05. The number of aromatic nitrogens is 1. The molecular formula is C42H50N8O5. The van der Waals surface area contributed by atoms with Crippen LogP contribution >= 0.6 is 0 Å². The van der Waals surface area contributed by atoms with Gasteiger partial charge < -0.3 is 43.5 Å². The van der Waals surface area contributed by atoms with Gasteiger partial charge in [-0.3, -0.25) is 24.0 Å². The van der Waals surface area contributed by atoms with Crippen LogP contribution in [0.15, 0.2) is 103 Å². The van der Waals surface area contributed by atoms with E-state index in [-0.39, 0.29) is 19.3 Å². The van der Waals surface area contributed by atoms with Gasteiger partial charge in [-0.25, -0.2) is 0 Å². The molecule has 1 aromatic heterocycles. The number of amides is 5. The molecule has 0 saturated heterocycles. The van der Waals surface area contributed by atoms with Crippen LogP contribution in [0.2, 0.25) is 0 Å². The largest absolute Gasteiger partial charge is 0.368 e. The summed E-state index contributed by atoms with van der Waals surface area (Å²) in [5, 5.41) is 14.0.